The topological polar surface area (TPSA) is 29.3 Å². The van der Waals surface area contributed by atoms with E-state index in [1.54, 1.807) is 11.3 Å². The van der Waals surface area contributed by atoms with Crippen LogP contribution in [0.1, 0.15) is 25.1 Å². The summed E-state index contributed by atoms with van der Waals surface area (Å²) in [5.74, 6) is 0. The van der Waals surface area contributed by atoms with Gasteiger partial charge in [-0.25, -0.2) is 0 Å². The summed E-state index contributed by atoms with van der Waals surface area (Å²) in [7, 11) is 0. The van der Waals surface area contributed by atoms with E-state index < -0.39 is 0 Å². The van der Waals surface area contributed by atoms with Crippen LogP contribution in [-0.4, -0.2) is 30.6 Å². The molecule has 0 saturated heterocycles. The second-order valence-corrected chi connectivity index (χ2v) is 5.92. The zero-order chi connectivity index (χ0) is 12.0. The molecule has 1 unspecified atom stereocenters. The lowest BCUT2D eigenvalue weighted by molar-refractivity contribution is 0.290. The molecule has 2 nitrogen and oxygen atoms in total. The van der Waals surface area contributed by atoms with Gasteiger partial charge in [-0.2, -0.15) is 0 Å². The highest BCUT2D eigenvalue weighted by Gasteiger charge is 2.08. The summed E-state index contributed by atoms with van der Waals surface area (Å²) in [6.45, 7) is 7.75. The van der Waals surface area contributed by atoms with Crippen LogP contribution in [0.4, 0.5) is 0 Å². The Hall–Kier alpha value is 0.1000. The van der Waals surface area contributed by atoms with Gasteiger partial charge in [-0.05, 0) is 54.5 Å². The zero-order valence-corrected chi connectivity index (χ0v) is 12.5. The second-order valence-electron chi connectivity index (χ2n) is 4.01. The van der Waals surface area contributed by atoms with Crippen molar-refractivity contribution in [1.82, 2.24) is 4.90 Å². The molecule has 0 aliphatic rings. The van der Waals surface area contributed by atoms with E-state index in [1.165, 1.54) is 9.35 Å². The molecule has 0 spiro atoms. The van der Waals surface area contributed by atoms with E-state index in [9.17, 15) is 0 Å². The quantitative estimate of drug-likeness (QED) is 0.838. The van der Waals surface area contributed by atoms with Gasteiger partial charge in [0.15, 0.2) is 0 Å². The molecule has 0 fully saturated rings. The van der Waals surface area contributed by atoms with Gasteiger partial charge in [0, 0.05) is 20.8 Å². The van der Waals surface area contributed by atoms with Gasteiger partial charge in [-0.1, -0.05) is 13.8 Å². The number of halogens is 1. The van der Waals surface area contributed by atoms with Crippen LogP contribution in [0.15, 0.2) is 15.9 Å². The average molecular weight is 305 g/mol. The van der Waals surface area contributed by atoms with Crippen molar-refractivity contribution >= 4 is 27.3 Å². The lowest BCUT2D eigenvalue weighted by Gasteiger charge is -2.20. The molecule has 0 bridgehead atoms. The van der Waals surface area contributed by atoms with Crippen LogP contribution < -0.4 is 5.73 Å². The van der Waals surface area contributed by atoms with Gasteiger partial charge in [-0.15, -0.1) is 11.3 Å². The van der Waals surface area contributed by atoms with Crippen molar-refractivity contribution in [3.05, 3.63) is 20.8 Å². The molecule has 1 aromatic heterocycles. The molecule has 2 N–H and O–H groups in total. The summed E-state index contributed by atoms with van der Waals surface area (Å²) in [5, 5.41) is 2.12. The van der Waals surface area contributed by atoms with Gasteiger partial charge in [0.05, 0.1) is 0 Å². The van der Waals surface area contributed by atoms with Crippen molar-refractivity contribution < 1.29 is 0 Å². The maximum atomic E-state index is 6.14. The van der Waals surface area contributed by atoms with E-state index in [0.29, 0.717) is 0 Å². The minimum atomic E-state index is 0.283. The molecule has 16 heavy (non-hydrogen) atoms. The van der Waals surface area contributed by atoms with E-state index in [2.05, 4.69) is 46.1 Å². The SMILES string of the molecule is CCN(CC)CCC(N)Cc1cc(Br)cs1. The monoisotopic (exact) mass is 304 g/mol. The van der Waals surface area contributed by atoms with Gasteiger partial charge in [0.1, 0.15) is 0 Å². The maximum absolute atomic E-state index is 6.14. The van der Waals surface area contributed by atoms with E-state index in [1.807, 2.05) is 0 Å². The van der Waals surface area contributed by atoms with Crippen LogP contribution in [0.25, 0.3) is 0 Å². The van der Waals surface area contributed by atoms with Crippen LogP contribution in [0.3, 0.4) is 0 Å². The first-order valence-electron chi connectivity index (χ1n) is 5.86. The Morgan fingerprint density at radius 1 is 1.44 bits per heavy atom. The number of nitrogens with two attached hydrogens (primary N) is 1. The highest BCUT2D eigenvalue weighted by atomic mass is 79.9. The molecular formula is C12H21BrN2S. The van der Waals surface area contributed by atoms with E-state index >= 15 is 0 Å². The third-order valence-electron chi connectivity index (χ3n) is 2.80. The first-order chi connectivity index (χ1) is 7.65. The molecule has 0 aliphatic carbocycles. The van der Waals surface area contributed by atoms with Crippen molar-refractivity contribution in [3.63, 3.8) is 0 Å². The van der Waals surface area contributed by atoms with Crippen molar-refractivity contribution in [1.29, 1.82) is 0 Å². The minimum Gasteiger partial charge on any atom is -0.327 e. The van der Waals surface area contributed by atoms with E-state index in [0.717, 1.165) is 32.5 Å². The van der Waals surface area contributed by atoms with Gasteiger partial charge >= 0.3 is 0 Å². The van der Waals surface area contributed by atoms with Crippen LogP contribution in [0.2, 0.25) is 0 Å². The summed E-state index contributed by atoms with van der Waals surface area (Å²) < 4.78 is 1.17. The highest BCUT2D eigenvalue weighted by Crippen LogP contribution is 2.21. The van der Waals surface area contributed by atoms with E-state index in [-0.39, 0.29) is 6.04 Å². The molecule has 92 valence electrons. The van der Waals surface area contributed by atoms with Crippen molar-refractivity contribution in [2.24, 2.45) is 5.73 Å². The minimum absolute atomic E-state index is 0.283. The van der Waals surface area contributed by atoms with Crippen LogP contribution >= 0.6 is 27.3 Å². The Morgan fingerprint density at radius 2 is 2.12 bits per heavy atom. The largest absolute Gasteiger partial charge is 0.327 e. The average Bonchev–Trinajstić information content (AvgIpc) is 2.65. The van der Waals surface area contributed by atoms with Crippen molar-refractivity contribution in [3.8, 4) is 0 Å². The molecule has 0 saturated carbocycles. The lowest BCUT2D eigenvalue weighted by atomic mass is 10.1. The van der Waals surface area contributed by atoms with Crippen molar-refractivity contribution in [2.75, 3.05) is 19.6 Å². The molecular weight excluding hydrogens is 284 g/mol. The molecule has 0 aromatic carbocycles. The molecule has 1 aromatic rings. The molecule has 4 heteroatoms. The highest BCUT2D eigenvalue weighted by molar-refractivity contribution is 9.10. The Labute approximate surface area is 111 Å². The zero-order valence-electron chi connectivity index (χ0n) is 10.1. The Morgan fingerprint density at radius 3 is 2.62 bits per heavy atom. The fourth-order valence-corrected chi connectivity index (χ4v) is 3.26. The summed E-state index contributed by atoms with van der Waals surface area (Å²) in [5.41, 5.74) is 6.14. The summed E-state index contributed by atoms with van der Waals surface area (Å²) >= 11 is 5.25. The normalized spacial score (nSPS) is 13.3. The first kappa shape index (κ1) is 14.2. The fourth-order valence-electron chi connectivity index (χ4n) is 1.71. The Bertz CT molecular complexity index is 297. The number of rotatable bonds is 7. The van der Waals surface area contributed by atoms with Crippen molar-refractivity contribution in [2.45, 2.75) is 32.7 Å². The lowest BCUT2D eigenvalue weighted by Crippen LogP contribution is -2.31. The molecule has 1 heterocycles. The van der Waals surface area contributed by atoms with Crippen LogP contribution in [-0.2, 0) is 6.42 Å². The number of hydrogen-bond acceptors (Lipinski definition) is 3. The number of hydrogen-bond donors (Lipinski definition) is 1. The summed E-state index contributed by atoms with van der Waals surface area (Å²) in [6.07, 6.45) is 2.08. The summed E-state index contributed by atoms with van der Waals surface area (Å²) in [6, 6.07) is 2.45. The molecule has 1 atom stereocenters. The van der Waals surface area contributed by atoms with Gasteiger partial charge in [-0.3, -0.25) is 0 Å². The molecule has 0 radical (unpaired) electrons. The third-order valence-corrected chi connectivity index (χ3v) is 4.52. The van der Waals surface area contributed by atoms with Gasteiger partial charge in [0.2, 0.25) is 0 Å². The van der Waals surface area contributed by atoms with Crippen LogP contribution in [0.5, 0.6) is 0 Å². The first-order valence-corrected chi connectivity index (χ1v) is 7.53. The van der Waals surface area contributed by atoms with Gasteiger partial charge < -0.3 is 10.6 Å². The number of nitrogens with zero attached hydrogens (tertiary/aromatic N) is 1. The third kappa shape index (κ3) is 4.95. The van der Waals surface area contributed by atoms with Crippen LogP contribution in [0, 0.1) is 0 Å². The standard InChI is InChI=1S/C12H21BrN2S/c1-3-15(4-2)6-5-11(14)8-12-7-10(13)9-16-12/h7,9,11H,3-6,8,14H2,1-2H3. The maximum Gasteiger partial charge on any atom is 0.0285 e. The summed E-state index contributed by atoms with van der Waals surface area (Å²) in [4.78, 5) is 3.79. The van der Waals surface area contributed by atoms with E-state index in [4.69, 9.17) is 5.73 Å². The fraction of sp³-hybridized carbons (Fsp3) is 0.667. The molecule has 0 aliphatic heterocycles. The van der Waals surface area contributed by atoms with Gasteiger partial charge in [0.25, 0.3) is 0 Å². The Balaban J connectivity index is 2.27. The number of thiophene rings is 1. The molecule has 1 rings (SSSR count). The predicted octanol–water partition coefficient (Wildman–Crippen LogP) is 3.11. The smallest absolute Gasteiger partial charge is 0.0285 e. The molecule has 0 amide bonds. The predicted molar refractivity (Wildman–Crippen MR) is 76.1 cm³/mol. The Kier molecular flexibility index (Phi) is 6.58. The second kappa shape index (κ2) is 7.43.